The molecule has 19 heavy (non-hydrogen) atoms. The van der Waals surface area contributed by atoms with Gasteiger partial charge in [-0.3, -0.25) is 9.67 Å². The number of hydrogen-bond acceptors (Lipinski definition) is 4. The van der Waals surface area contributed by atoms with Crippen LogP contribution in [-0.2, 0) is 7.05 Å². The van der Waals surface area contributed by atoms with Gasteiger partial charge in [0.05, 0.1) is 10.4 Å². The fourth-order valence-electron chi connectivity index (χ4n) is 2.07. The van der Waals surface area contributed by atoms with Crippen molar-refractivity contribution in [3.05, 3.63) is 41.5 Å². The Labute approximate surface area is 115 Å². The Morgan fingerprint density at radius 3 is 2.74 bits per heavy atom. The molecule has 0 saturated heterocycles. The average Bonchev–Trinajstić information content (AvgIpc) is 2.96. The summed E-state index contributed by atoms with van der Waals surface area (Å²) in [5, 5.41) is 4.54. The maximum Gasteiger partial charge on any atom is 0.130 e. The third kappa shape index (κ3) is 2.02. The van der Waals surface area contributed by atoms with Gasteiger partial charge in [0, 0.05) is 29.9 Å². The normalized spacial score (nSPS) is 10.8. The van der Waals surface area contributed by atoms with Gasteiger partial charge in [0.25, 0.3) is 0 Å². The van der Waals surface area contributed by atoms with Crippen LogP contribution in [0.1, 0.15) is 4.88 Å². The van der Waals surface area contributed by atoms with Crippen molar-refractivity contribution in [3.8, 4) is 21.7 Å². The van der Waals surface area contributed by atoms with Gasteiger partial charge in [0.2, 0.25) is 0 Å². The zero-order valence-electron chi connectivity index (χ0n) is 10.8. The quantitative estimate of drug-likeness (QED) is 0.778. The van der Waals surface area contributed by atoms with E-state index in [1.807, 2.05) is 25.4 Å². The predicted octanol–water partition coefficient (Wildman–Crippen LogP) is 3.10. The monoisotopic (exact) mass is 270 g/mol. The molecule has 0 unspecified atom stereocenters. The van der Waals surface area contributed by atoms with E-state index in [9.17, 15) is 0 Å². The molecule has 0 radical (unpaired) electrons. The highest BCUT2D eigenvalue weighted by Gasteiger charge is 2.18. The standard InChI is InChI=1S/C14H14N4S/c1-9-5-6-11(19-9)13-12(14(15)18(2)17-13)10-4-3-7-16-8-10/h3-8H,15H2,1-2H3. The first-order valence-electron chi connectivity index (χ1n) is 5.96. The second-order valence-electron chi connectivity index (χ2n) is 4.38. The first kappa shape index (κ1) is 11.9. The molecule has 5 heteroatoms. The summed E-state index contributed by atoms with van der Waals surface area (Å²) in [6, 6.07) is 8.09. The van der Waals surface area contributed by atoms with Crippen LogP contribution in [0.25, 0.3) is 21.7 Å². The highest BCUT2D eigenvalue weighted by atomic mass is 32.1. The van der Waals surface area contributed by atoms with E-state index in [1.165, 1.54) is 4.88 Å². The predicted molar refractivity (Wildman–Crippen MR) is 78.9 cm³/mol. The highest BCUT2D eigenvalue weighted by Crippen LogP contribution is 2.38. The fourth-order valence-corrected chi connectivity index (χ4v) is 2.93. The molecule has 0 aliphatic carbocycles. The van der Waals surface area contributed by atoms with Crippen LogP contribution in [0.15, 0.2) is 36.7 Å². The Morgan fingerprint density at radius 2 is 2.11 bits per heavy atom. The van der Waals surface area contributed by atoms with Crippen molar-refractivity contribution >= 4 is 17.2 Å². The molecule has 3 aromatic rings. The van der Waals surface area contributed by atoms with Crippen LogP contribution < -0.4 is 5.73 Å². The van der Waals surface area contributed by atoms with Crippen LogP contribution in [0.3, 0.4) is 0 Å². The SMILES string of the molecule is Cc1ccc(-c2nn(C)c(N)c2-c2cccnc2)s1. The first-order valence-corrected chi connectivity index (χ1v) is 6.78. The number of hydrogen-bond donors (Lipinski definition) is 1. The van der Waals surface area contributed by atoms with E-state index < -0.39 is 0 Å². The van der Waals surface area contributed by atoms with E-state index in [2.05, 4.69) is 29.1 Å². The lowest BCUT2D eigenvalue weighted by atomic mass is 10.1. The van der Waals surface area contributed by atoms with Gasteiger partial charge in [-0.1, -0.05) is 6.07 Å². The molecule has 0 fully saturated rings. The summed E-state index contributed by atoms with van der Waals surface area (Å²) < 4.78 is 1.72. The molecule has 0 aliphatic heterocycles. The molecule has 96 valence electrons. The first-order chi connectivity index (χ1) is 9.16. The second-order valence-corrected chi connectivity index (χ2v) is 5.67. The summed E-state index contributed by atoms with van der Waals surface area (Å²) >= 11 is 1.72. The fraction of sp³-hybridized carbons (Fsp3) is 0.143. The Kier molecular flexibility index (Phi) is 2.83. The largest absolute Gasteiger partial charge is 0.383 e. The minimum Gasteiger partial charge on any atom is -0.383 e. The molecule has 4 nitrogen and oxygen atoms in total. The smallest absolute Gasteiger partial charge is 0.130 e. The van der Waals surface area contributed by atoms with Crippen LogP contribution >= 0.6 is 11.3 Å². The third-order valence-corrected chi connectivity index (χ3v) is 4.02. The van der Waals surface area contributed by atoms with Crippen LogP contribution in [0.2, 0.25) is 0 Å². The summed E-state index contributed by atoms with van der Waals surface area (Å²) in [5.74, 6) is 0.661. The van der Waals surface area contributed by atoms with Gasteiger partial charge in [-0.15, -0.1) is 11.3 Å². The number of nitrogens with zero attached hydrogens (tertiary/aromatic N) is 3. The van der Waals surface area contributed by atoms with E-state index in [0.29, 0.717) is 5.82 Å². The van der Waals surface area contributed by atoms with Crippen LogP contribution in [0.4, 0.5) is 5.82 Å². The number of pyridine rings is 1. The molecular weight excluding hydrogens is 256 g/mol. The van der Waals surface area contributed by atoms with Gasteiger partial charge >= 0.3 is 0 Å². The lowest BCUT2D eigenvalue weighted by Gasteiger charge is -2.02. The number of thiophene rings is 1. The van der Waals surface area contributed by atoms with E-state index in [0.717, 1.165) is 21.7 Å². The van der Waals surface area contributed by atoms with Gasteiger partial charge < -0.3 is 5.73 Å². The third-order valence-electron chi connectivity index (χ3n) is 3.02. The van der Waals surface area contributed by atoms with Crippen molar-refractivity contribution < 1.29 is 0 Å². The second kappa shape index (κ2) is 4.51. The molecular formula is C14H14N4S. The van der Waals surface area contributed by atoms with Crippen LogP contribution in [0, 0.1) is 6.92 Å². The van der Waals surface area contributed by atoms with E-state index >= 15 is 0 Å². The summed E-state index contributed by atoms with van der Waals surface area (Å²) in [4.78, 5) is 6.55. The van der Waals surface area contributed by atoms with Crippen molar-refractivity contribution in [3.63, 3.8) is 0 Å². The van der Waals surface area contributed by atoms with Gasteiger partial charge in [-0.2, -0.15) is 5.10 Å². The molecule has 3 heterocycles. The highest BCUT2D eigenvalue weighted by molar-refractivity contribution is 7.15. The minimum absolute atomic E-state index is 0.661. The topological polar surface area (TPSA) is 56.7 Å². The maximum atomic E-state index is 6.16. The summed E-state index contributed by atoms with van der Waals surface area (Å²) in [6.07, 6.45) is 3.57. The number of nitrogens with two attached hydrogens (primary N) is 1. The van der Waals surface area contributed by atoms with Crippen molar-refractivity contribution in [2.45, 2.75) is 6.92 Å². The Hall–Kier alpha value is -2.14. The molecule has 0 spiro atoms. The van der Waals surface area contributed by atoms with Crippen LogP contribution in [-0.4, -0.2) is 14.8 Å². The molecule has 3 rings (SSSR count). The molecule has 0 bridgehead atoms. The lowest BCUT2D eigenvalue weighted by Crippen LogP contribution is -1.98. The van der Waals surface area contributed by atoms with Gasteiger partial charge in [0.15, 0.2) is 0 Å². The van der Waals surface area contributed by atoms with Crippen molar-refractivity contribution in [2.75, 3.05) is 5.73 Å². The number of nitrogen functional groups attached to an aromatic ring is 1. The Balaban J connectivity index is 2.24. The van der Waals surface area contributed by atoms with Gasteiger partial charge in [-0.25, -0.2) is 0 Å². The minimum atomic E-state index is 0.661. The zero-order valence-corrected chi connectivity index (χ0v) is 11.6. The van der Waals surface area contributed by atoms with Gasteiger partial charge in [-0.05, 0) is 25.1 Å². The zero-order chi connectivity index (χ0) is 13.4. The molecule has 0 aliphatic rings. The van der Waals surface area contributed by atoms with Crippen molar-refractivity contribution in [2.24, 2.45) is 7.05 Å². The van der Waals surface area contributed by atoms with Crippen molar-refractivity contribution in [1.29, 1.82) is 0 Å². The lowest BCUT2D eigenvalue weighted by molar-refractivity contribution is 0.783. The molecule has 3 aromatic heterocycles. The summed E-state index contributed by atoms with van der Waals surface area (Å²) in [5.41, 5.74) is 9.03. The number of aromatic nitrogens is 3. The Morgan fingerprint density at radius 1 is 1.26 bits per heavy atom. The molecule has 0 amide bonds. The molecule has 0 atom stereocenters. The number of rotatable bonds is 2. The van der Waals surface area contributed by atoms with Crippen LogP contribution in [0.5, 0.6) is 0 Å². The van der Waals surface area contributed by atoms with E-state index in [-0.39, 0.29) is 0 Å². The van der Waals surface area contributed by atoms with Gasteiger partial charge in [0.1, 0.15) is 11.5 Å². The Bertz CT molecular complexity index is 712. The summed E-state index contributed by atoms with van der Waals surface area (Å²) in [7, 11) is 1.86. The number of anilines is 1. The number of aryl methyl sites for hydroxylation is 2. The van der Waals surface area contributed by atoms with E-state index in [1.54, 1.807) is 22.2 Å². The maximum absolute atomic E-state index is 6.16. The molecule has 0 saturated carbocycles. The average molecular weight is 270 g/mol. The van der Waals surface area contributed by atoms with E-state index in [4.69, 9.17) is 5.73 Å². The van der Waals surface area contributed by atoms with Crippen molar-refractivity contribution in [1.82, 2.24) is 14.8 Å². The summed E-state index contributed by atoms with van der Waals surface area (Å²) in [6.45, 7) is 2.09. The molecule has 2 N–H and O–H groups in total. The molecule has 0 aromatic carbocycles.